The van der Waals surface area contributed by atoms with Crippen molar-refractivity contribution < 1.29 is 17.9 Å². The van der Waals surface area contributed by atoms with E-state index < -0.39 is 10.0 Å². The van der Waals surface area contributed by atoms with E-state index in [2.05, 4.69) is 10.4 Å². The van der Waals surface area contributed by atoms with E-state index in [1.54, 1.807) is 10.9 Å². The van der Waals surface area contributed by atoms with Gasteiger partial charge in [0.1, 0.15) is 23.4 Å². The molecule has 1 aliphatic carbocycles. The first-order chi connectivity index (χ1) is 20.0. The molecule has 0 spiro atoms. The van der Waals surface area contributed by atoms with Crippen molar-refractivity contribution >= 4 is 44.0 Å². The van der Waals surface area contributed by atoms with Crippen molar-refractivity contribution in [1.82, 2.24) is 24.3 Å². The van der Waals surface area contributed by atoms with Crippen molar-refractivity contribution in [2.45, 2.75) is 58.6 Å². The highest BCUT2D eigenvalue weighted by Crippen LogP contribution is 2.38. The molecule has 1 atom stereocenters. The molecule has 2 aliphatic rings. The van der Waals surface area contributed by atoms with Gasteiger partial charge in [-0.05, 0) is 69.7 Å². The largest absolute Gasteiger partial charge is 0.358 e. The number of sulfonamides is 1. The average molecular weight is 592 g/mol. The van der Waals surface area contributed by atoms with Crippen LogP contribution in [0.5, 0.6) is 0 Å². The van der Waals surface area contributed by atoms with Crippen LogP contribution in [0.1, 0.15) is 55.5 Å². The normalized spacial score (nSPS) is 17.5. The number of pyridine rings is 1. The number of hydrogen-bond acceptors (Lipinski definition) is 8. The second-order valence-electron chi connectivity index (χ2n) is 11.5. The molecule has 1 saturated heterocycles. The second-order valence-corrected chi connectivity index (χ2v) is 13.5. The Hall–Kier alpha value is -3.77. The summed E-state index contributed by atoms with van der Waals surface area (Å²) in [7, 11) is -0.170. The summed E-state index contributed by atoms with van der Waals surface area (Å²) in [6, 6.07) is 7.53. The van der Waals surface area contributed by atoms with Crippen molar-refractivity contribution in [3.63, 3.8) is 0 Å². The van der Waals surface area contributed by atoms with Gasteiger partial charge in [0.15, 0.2) is 5.65 Å². The van der Waals surface area contributed by atoms with E-state index in [0.717, 1.165) is 54.7 Å². The second kappa shape index (κ2) is 10.8. The van der Waals surface area contributed by atoms with Crippen LogP contribution >= 0.6 is 0 Å². The number of anilines is 3. The summed E-state index contributed by atoms with van der Waals surface area (Å²) in [5.74, 6) is 1.08. The third kappa shape index (κ3) is 5.40. The van der Waals surface area contributed by atoms with Crippen LogP contribution in [-0.2, 0) is 33.0 Å². The number of benzene rings is 1. The van der Waals surface area contributed by atoms with Crippen LogP contribution in [0.25, 0.3) is 22.3 Å². The molecule has 0 bridgehead atoms. The molecule has 3 aromatic heterocycles. The van der Waals surface area contributed by atoms with Crippen LogP contribution in [0.3, 0.4) is 0 Å². The standard InChI is InChI=1S/C30H37N7O4S/c1-18-23(17-31-35(18)3)21-11-12-24(26(14-21)36(4)42(5,39)40)34-25-15-22(16-27(38)20-9-10-20)33-30-29(25)32-19(2)37(30)28-8-6-7-13-41-28/h11-12,14-15,17,20,28H,6-10,13,16H2,1-5H3,(H,33,34). The molecule has 0 radical (unpaired) electrons. The predicted molar refractivity (Wildman–Crippen MR) is 162 cm³/mol. The maximum Gasteiger partial charge on any atom is 0.232 e. The molecule has 222 valence electrons. The zero-order chi connectivity index (χ0) is 29.8. The Morgan fingerprint density at radius 2 is 1.90 bits per heavy atom. The lowest BCUT2D eigenvalue weighted by Gasteiger charge is -2.25. The zero-order valence-electron chi connectivity index (χ0n) is 24.7. The summed E-state index contributed by atoms with van der Waals surface area (Å²) in [6.07, 6.45) is 7.83. The molecule has 1 aliphatic heterocycles. The topological polar surface area (TPSA) is 124 Å². The Morgan fingerprint density at radius 1 is 1.12 bits per heavy atom. The minimum absolute atomic E-state index is 0.116. The summed E-state index contributed by atoms with van der Waals surface area (Å²) in [6.45, 7) is 4.59. The van der Waals surface area contributed by atoms with Gasteiger partial charge in [-0.3, -0.25) is 18.3 Å². The fourth-order valence-electron chi connectivity index (χ4n) is 5.58. The van der Waals surface area contributed by atoms with Crippen molar-refractivity contribution in [3.05, 3.63) is 47.7 Å². The number of aryl methyl sites for hydroxylation is 2. The molecule has 6 rings (SSSR count). The molecule has 4 aromatic rings. The lowest BCUT2D eigenvalue weighted by Crippen LogP contribution is -2.25. The van der Waals surface area contributed by atoms with E-state index in [1.807, 2.05) is 49.7 Å². The van der Waals surface area contributed by atoms with Crippen molar-refractivity contribution in [1.29, 1.82) is 0 Å². The zero-order valence-corrected chi connectivity index (χ0v) is 25.5. The highest BCUT2D eigenvalue weighted by molar-refractivity contribution is 7.92. The quantitative estimate of drug-likeness (QED) is 0.294. The molecule has 1 unspecified atom stereocenters. The Labute approximate surface area is 246 Å². The first kappa shape index (κ1) is 28.4. The number of nitrogens with one attached hydrogen (secondary N) is 1. The Bertz CT molecular complexity index is 1780. The Kier molecular flexibility index (Phi) is 7.30. The molecule has 0 amide bonds. The van der Waals surface area contributed by atoms with E-state index >= 15 is 0 Å². The third-order valence-corrected chi connectivity index (χ3v) is 9.55. The highest BCUT2D eigenvalue weighted by atomic mass is 32.2. The number of Topliss-reactive ketones (excluding diaryl/α,β-unsaturated/α-hetero) is 1. The monoisotopic (exact) mass is 591 g/mol. The van der Waals surface area contributed by atoms with Gasteiger partial charge >= 0.3 is 0 Å². The molecule has 2 fully saturated rings. The lowest BCUT2D eigenvalue weighted by atomic mass is 10.0. The molecule has 4 heterocycles. The molecular formula is C30H37N7O4S. The van der Waals surface area contributed by atoms with E-state index in [-0.39, 0.29) is 24.3 Å². The minimum atomic E-state index is -3.58. The van der Waals surface area contributed by atoms with Gasteiger partial charge in [0.25, 0.3) is 0 Å². The third-order valence-electron chi connectivity index (χ3n) is 8.36. The smallest absolute Gasteiger partial charge is 0.232 e. The molecule has 1 aromatic carbocycles. The summed E-state index contributed by atoms with van der Waals surface area (Å²) in [4.78, 5) is 22.7. The summed E-state index contributed by atoms with van der Waals surface area (Å²) in [5.41, 5.74) is 6.41. The van der Waals surface area contributed by atoms with E-state index in [1.165, 1.54) is 17.6 Å². The SMILES string of the molecule is Cc1c(-c2ccc(Nc3cc(CC(=O)C4CC4)nc4c3nc(C)n4C3CCCCO3)c(N(C)S(C)(=O)=O)c2)cnn1C. The van der Waals surface area contributed by atoms with Gasteiger partial charge in [0.2, 0.25) is 10.0 Å². The van der Waals surface area contributed by atoms with E-state index in [0.29, 0.717) is 40.5 Å². The number of fused-ring (bicyclic) bond motifs is 1. The molecule has 42 heavy (non-hydrogen) atoms. The maximum absolute atomic E-state index is 12.8. The first-order valence-electron chi connectivity index (χ1n) is 14.4. The number of nitrogens with zero attached hydrogens (tertiary/aromatic N) is 6. The lowest BCUT2D eigenvalue weighted by molar-refractivity contribution is -0.119. The van der Waals surface area contributed by atoms with Gasteiger partial charge in [-0.25, -0.2) is 18.4 Å². The fraction of sp³-hybridized carbons (Fsp3) is 0.467. The van der Waals surface area contributed by atoms with Gasteiger partial charge in [0.05, 0.1) is 35.2 Å². The molecule has 1 saturated carbocycles. The van der Waals surface area contributed by atoms with Gasteiger partial charge < -0.3 is 10.1 Å². The Balaban J connectivity index is 1.48. The molecule has 12 heteroatoms. The van der Waals surface area contributed by atoms with Crippen LogP contribution in [-0.4, -0.2) is 58.4 Å². The van der Waals surface area contributed by atoms with Crippen molar-refractivity contribution in [3.8, 4) is 11.1 Å². The van der Waals surface area contributed by atoms with Gasteiger partial charge in [-0.1, -0.05) is 6.07 Å². The fourth-order valence-corrected chi connectivity index (χ4v) is 6.09. The molecule has 1 N–H and O–H groups in total. The molecular weight excluding hydrogens is 554 g/mol. The predicted octanol–water partition coefficient (Wildman–Crippen LogP) is 4.81. The number of rotatable bonds is 9. The minimum Gasteiger partial charge on any atom is -0.358 e. The first-order valence-corrected chi connectivity index (χ1v) is 16.2. The maximum atomic E-state index is 12.8. The van der Waals surface area contributed by atoms with Crippen LogP contribution in [0.15, 0.2) is 30.5 Å². The van der Waals surface area contributed by atoms with Crippen molar-refractivity contribution in [2.24, 2.45) is 13.0 Å². The number of carbonyl (C=O) groups excluding carboxylic acids is 1. The number of imidazole rings is 1. The number of ether oxygens (including phenoxy) is 1. The summed E-state index contributed by atoms with van der Waals surface area (Å²) >= 11 is 0. The van der Waals surface area contributed by atoms with Crippen LogP contribution in [0.2, 0.25) is 0 Å². The number of carbonyl (C=O) groups is 1. The summed E-state index contributed by atoms with van der Waals surface area (Å²) < 4.78 is 36.7. The van der Waals surface area contributed by atoms with Gasteiger partial charge in [-0.15, -0.1) is 0 Å². The number of ketones is 1. The van der Waals surface area contributed by atoms with E-state index in [4.69, 9.17) is 14.7 Å². The summed E-state index contributed by atoms with van der Waals surface area (Å²) in [5, 5.41) is 7.83. The number of aromatic nitrogens is 5. The Morgan fingerprint density at radius 3 is 2.55 bits per heavy atom. The average Bonchev–Trinajstić information content (AvgIpc) is 3.69. The van der Waals surface area contributed by atoms with Gasteiger partial charge in [0, 0.05) is 44.3 Å². The van der Waals surface area contributed by atoms with Crippen molar-refractivity contribution in [2.75, 3.05) is 29.5 Å². The van der Waals surface area contributed by atoms with Crippen LogP contribution in [0, 0.1) is 19.8 Å². The van der Waals surface area contributed by atoms with E-state index in [9.17, 15) is 13.2 Å². The van der Waals surface area contributed by atoms with Crippen LogP contribution < -0.4 is 9.62 Å². The highest BCUT2D eigenvalue weighted by Gasteiger charge is 2.30. The number of hydrogen-bond donors (Lipinski definition) is 1. The van der Waals surface area contributed by atoms with Crippen LogP contribution in [0.4, 0.5) is 17.1 Å². The van der Waals surface area contributed by atoms with Gasteiger partial charge in [-0.2, -0.15) is 5.10 Å². The molecule has 11 nitrogen and oxygen atoms in total.